The van der Waals surface area contributed by atoms with E-state index in [9.17, 15) is 9.18 Å². The van der Waals surface area contributed by atoms with Crippen molar-refractivity contribution < 1.29 is 9.18 Å². The van der Waals surface area contributed by atoms with Gasteiger partial charge in [0.15, 0.2) is 0 Å². The summed E-state index contributed by atoms with van der Waals surface area (Å²) in [5, 5.41) is 8.92. The highest BCUT2D eigenvalue weighted by Gasteiger charge is 2.24. The lowest BCUT2D eigenvalue weighted by molar-refractivity contribution is 0.111. The molecule has 0 atom stereocenters. The van der Waals surface area contributed by atoms with E-state index in [2.05, 4.69) is 4.90 Å². The van der Waals surface area contributed by atoms with Gasteiger partial charge in [0, 0.05) is 51.4 Å². The number of rotatable bonds is 4. The summed E-state index contributed by atoms with van der Waals surface area (Å²) in [7, 11) is 0. The quantitative estimate of drug-likeness (QED) is 0.856. The first-order chi connectivity index (χ1) is 11.1. The Morgan fingerprint density at radius 1 is 1.26 bits per heavy atom. The van der Waals surface area contributed by atoms with Crippen molar-refractivity contribution in [2.24, 2.45) is 0 Å². The van der Waals surface area contributed by atoms with E-state index in [1.807, 2.05) is 29.7 Å². The lowest BCUT2D eigenvalue weighted by Crippen LogP contribution is -2.52. The fraction of sp³-hybridized carbons (Fsp3) is 0.529. The molecule has 0 N–H and O–H groups in total. The van der Waals surface area contributed by atoms with Crippen molar-refractivity contribution in [3.63, 3.8) is 0 Å². The average Bonchev–Trinajstić information content (AvgIpc) is 2.58. The highest BCUT2D eigenvalue weighted by atomic mass is 19.1. The third-order valence-corrected chi connectivity index (χ3v) is 4.25. The van der Waals surface area contributed by atoms with E-state index in [1.54, 1.807) is 6.07 Å². The van der Waals surface area contributed by atoms with Gasteiger partial charge < -0.3 is 9.80 Å². The number of benzene rings is 1. The van der Waals surface area contributed by atoms with Gasteiger partial charge in [0.2, 0.25) is 0 Å². The Morgan fingerprint density at radius 3 is 2.48 bits per heavy atom. The molecule has 0 aromatic heterocycles. The monoisotopic (exact) mass is 318 g/mol. The van der Waals surface area contributed by atoms with E-state index >= 15 is 0 Å². The molecule has 23 heavy (non-hydrogen) atoms. The molecule has 1 aromatic carbocycles. The molecule has 5 nitrogen and oxygen atoms in total. The Labute approximate surface area is 136 Å². The van der Waals surface area contributed by atoms with Gasteiger partial charge in [-0.25, -0.2) is 9.18 Å². The van der Waals surface area contributed by atoms with Crippen LogP contribution in [0.1, 0.15) is 25.0 Å². The molecule has 0 aliphatic carbocycles. The van der Waals surface area contributed by atoms with Crippen LogP contribution in [0.4, 0.5) is 9.18 Å². The third kappa shape index (κ3) is 4.20. The number of hydrogen-bond donors (Lipinski definition) is 0. The molecule has 2 rings (SSSR count). The number of nitrogens with zero attached hydrogens (tertiary/aromatic N) is 4. The van der Waals surface area contributed by atoms with Gasteiger partial charge >= 0.3 is 6.03 Å². The smallest absolute Gasteiger partial charge is 0.320 e. The molecule has 1 aliphatic rings. The average molecular weight is 318 g/mol. The predicted octanol–water partition coefficient (Wildman–Crippen LogP) is 2.28. The van der Waals surface area contributed by atoms with E-state index in [4.69, 9.17) is 5.26 Å². The normalized spacial score (nSPS) is 15.3. The van der Waals surface area contributed by atoms with Gasteiger partial charge in [0.1, 0.15) is 5.82 Å². The molecule has 2 amide bonds. The number of carbonyl (C=O) groups excluding carboxylic acids is 1. The Kier molecular flexibility index (Phi) is 5.94. The van der Waals surface area contributed by atoms with Gasteiger partial charge in [-0.1, -0.05) is 0 Å². The number of amides is 2. The number of carbonyl (C=O) groups is 1. The number of nitriles is 1. The van der Waals surface area contributed by atoms with Crippen molar-refractivity contribution in [1.29, 1.82) is 5.26 Å². The lowest BCUT2D eigenvalue weighted by atomic mass is 10.1. The molecule has 0 unspecified atom stereocenters. The summed E-state index contributed by atoms with van der Waals surface area (Å²) < 4.78 is 13.9. The van der Waals surface area contributed by atoms with Crippen molar-refractivity contribution >= 4 is 6.03 Å². The largest absolute Gasteiger partial charge is 0.325 e. The molecular formula is C17H23FN4O. The van der Waals surface area contributed by atoms with Crippen LogP contribution in [0, 0.1) is 17.1 Å². The van der Waals surface area contributed by atoms with E-state index in [-0.39, 0.29) is 11.8 Å². The van der Waals surface area contributed by atoms with Crippen molar-refractivity contribution in [3.8, 4) is 6.07 Å². The number of piperazine rings is 1. The summed E-state index contributed by atoms with van der Waals surface area (Å²) in [6.45, 7) is 8.56. The summed E-state index contributed by atoms with van der Waals surface area (Å²) in [6.07, 6.45) is 0. The number of urea groups is 1. The topological polar surface area (TPSA) is 50.6 Å². The minimum Gasteiger partial charge on any atom is -0.325 e. The van der Waals surface area contributed by atoms with Gasteiger partial charge in [-0.15, -0.1) is 0 Å². The summed E-state index contributed by atoms with van der Waals surface area (Å²) >= 11 is 0. The molecular weight excluding hydrogens is 295 g/mol. The maximum absolute atomic E-state index is 13.9. The molecule has 1 heterocycles. The molecule has 0 saturated carbocycles. The van der Waals surface area contributed by atoms with Crippen molar-refractivity contribution in [2.45, 2.75) is 20.4 Å². The first-order valence-corrected chi connectivity index (χ1v) is 8.03. The summed E-state index contributed by atoms with van der Waals surface area (Å²) in [5.41, 5.74) is 1.00. The second-order valence-corrected chi connectivity index (χ2v) is 5.64. The van der Waals surface area contributed by atoms with Crippen LogP contribution in [-0.2, 0) is 6.54 Å². The van der Waals surface area contributed by atoms with Crippen LogP contribution in [0.2, 0.25) is 0 Å². The summed E-state index contributed by atoms with van der Waals surface area (Å²) in [5.74, 6) is -0.286. The van der Waals surface area contributed by atoms with Crippen LogP contribution in [0.5, 0.6) is 0 Å². The fourth-order valence-corrected chi connectivity index (χ4v) is 2.80. The van der Waals surface area contributed by atoms with E-state index < -0.39 is 0 Å². The molecule has 6 heteroatoms. The molecule has 124 valence electrons. The first kappa shape index (κ1) is 17.2. The zero-order valence-electron chi connectivity index (χ0n) is 13.8. The van der Waals surface area contributed by atoms with Crippen LogP contribution < -0.4 is 0 Å². The van der Waals surface area contributed by atoms with Crippen LogP contribution in [0.3, 0.4) is 0 Å². The van der Waals surface area contributed by atoms with Crippen LogP contribution in [-0.4, -0.2) is 60.0 Å². The minimum atomic E-state index is -0.286. The zero-order valence-corrected chi connectivity index (χ0v) is 13.8. The Morgan fingerprint density at radius 2 is 1.91 bits per heavy atom. The first-order valence-electron chi connectivity index (χ1n) is 8.03. The van der Waals surface area contributed by atoms with Crippen LogP contribution in [0.25, 0.3) is 0 Å². The molecule has 1 aliphatic heterocycles. The maximum Gasteiger partial charge on any atom is 0.320 e. The Balaban J connectivity index is 1.93. The Hall–Kier alpha value is -2.13. The second kappa shape index (κ2) is 7.93. The van der Waals surface area contributed by atoms with Gasteiger partial charge in [-0.3, -0.25) is 4.90 Å². The van der Waals surface area contributed by atoms with Gasteiger partial charge in [-0.05, 0) is 32.0 Å². The molecule has 0 bridgehead atoms. The van der Waals surface area contributed by atoms with Gasteiger partial charge in [-0.2, -0.15) is 5.26 Å². The molecule has 0 radical (unpaired) electrons. The molecule has 1 saturated heterocycles. The second-order valence-electron chi connectivity index (χ2n) is 5.64. The summed E-state index contributed by atoms with van der Waals surface area (Å²) in [6, 6.07) is 6.54. The lowest BCUT2D eigenvalue weighted by Gasteiger charge is -2.37. The van der Waals surface area contributed by atoms with Crippen molar-refractivity contribution in [1.82, 2.24) is 14.7 Å². The highest BCUT2D eigenvalue weighted by Crippen LogP contribution is 2.15. The Bertz CT molecular complexity index is 587. The maximum atomic E-state index is 13.9. The molecule has 0 spiro atoms. The van der Waals surface area contributed by atoms with Gasteiger partial charge in [0.05, 0.1) is 11.6 Å². The molecule has 1 aromatic rings. The van der Waals surface area contributed by atoms with E-state index in [0.717, 1.165) is 0 Å². The van der Waals surface area contributed by atoms with Crippen molar-refractivity contribution in [3.05, 3.63) is 35.1 Å². The fourth-order valence-electron chi connectivity index (χ4n) is 2.80. The standard InChI is InChI=1S/C17H23FN4O/c1-3-21(4-2)17(23)22-9-7-20(8-10-22)13-15-11-14(12-19)5-6-16(15)18/h5-6,11H,3-4,7-10,13H2,1-2H3. The molecule has 1 fully saturated rings. The van der Waals surface area contributed by atoms with E-state index in [1.165, 1.54) is 12.1 Å². The number of halogens is 1. The van der Waals surface area contributed by atoms with E-state index in [0.29, 0.717) is 56.9 Å². The van der Waals surface area contributed by atoms with Gasteiger partial charge in [0.25, 0.3) is 0 Å². The summed E-state index contributed by atoms with van der Waals surface area (Å²) in [4.78, 5) is 18.1. The highest BCUT2D eigenvalue weighted by molar-refractivity contribution is 5.74. The predicted molar refractivity (Wildman–Crippen MR) is 86.3 cm³/mol. The third-order valence-electron chi connectivity index (χ3n) is 4.25. The van der Waals surface area contributed by atoms with Crippen molar-refractivity contribution in [2.75, 3.05) is 39.3 Å². The number of hydrogen-bond acceptors (Lipinski definition) is 3. The SMILES string of the molecule is CCN(CC)C(=O)N1CCN(Cc2cc(C#N)ccc2F)CC1. The van der Waals surface area contributed by atoms with Crippen LogP contribution >= 0.6 is 0 Å². The van der Waals surface area contributed by atoms with Crippen LogP contribution in [0.15, 0.2) is 18.2 Å². The zero-order chi connectivity index (χ0) is 16.8. The minimum absolute atomic E-state index is 0.0762.